The van der Waals surface area contributed by atoms with Crippen molar-refractivity contribution < 1.29 is 26.7 Å². The Kier molecular flexibility index (Phi) is 9.94. The summed E-state index contributed by atoms with van der Waals surface area (Å²) in [5.41, 5.74) is 4.19. The number of nitrogens with one attached hydrogen (secondary N) is 2. The molecule has 0 saturated heterocycles. The third-order valence-corrected chi connectivity index (χ3v) is 6.34. The van der Waals surface area contributed by atoms with Crippen molar-refractivity contribution in [2.45, 2.75) is 58.9 Å². The number of fused-ring (bicyclic) bond motifs is 1. The Hall–Kier alpha value is -4.17. The second-order valence-corrected chi connectivity index (χ2v) is 10.3. The number of amides is 1. The molecule has 10 heteroatoms. The number of alkyl halides is 5. The van der Waals surface area contributed by atoms with E-state index in [9.17, 15) is 26.7 Å². The first kappa shape index (κ1) is 31.4. The van der Waals surface area contributed by atoms with E-state index < -0.39 is 29.9 Å². The Labute approximate surface area is 236 Å². The molecule has 218 valence electrons. The minimum Gasteiger partial charge on any atom is -0.349 e. The highest BCUT2D eigenvalue weighted by molar-refractivity contribution is 5.91. The van der Waals surface area contributed by atoms with E-state index >= 15 is 0 Å². The van der Waals surface area contributed by atoms with Crippen LogP contribution in [0.2, 0.25) is 0 Å². The van der Waals surface area contributed by atoms with Crippen LogP contribution in [-0.2, 0) is 17.5 Å². The quantitative estimate of drug-likeness (QED) is 0.136. The highest BCUT2D eigenvalue weighted by Gasteiger charge is 2.37. The summed E-state index contributed by atoms with van der Waals surface area (Å²) in [6.07, 6.45) is 5.17. The van der Waals surface area contributed by atoms with E-state index in [-0.39, 0.29) is 24.6 Å². The van der Waals surface area contributed by atoms with Crippen molar-refractivity contribution in [3.8, 4) is 0 Å². The maximum Gasteiger partial charge on any atom is 0.435 e. The predicted octanol–water partition coefficient (Wildman–Crippen LogP) is 7.26. The molecule has 3 rings (SSSR count). The van der Waals surface area contributed by atoms with Crippen molar-refractivity contribution in [2.75, 3.05) is 0 Å². The van der Waals surface area contributed by atoms with Gasteiger partial charge in [0.1, 0.15) is 0 Å². The fraction of sp³-hybridized carbons (Fsp3) is 0.323. The summed E-state index contributed by atoms with van der Waals surface area (Å²) in [5, 5.41) is 8.70. The van der Waals surface area contributed by atoms with Crippen molar-refractivity contribution in [2.24, 2.45) is 5.92 Å². The molecule has 0 unspecified atom stereocenters. The SMILES string of the molecule is C=C=C1C=CC=C(c2cc(C(F)(F)F)nn2CC(C)(C)NC(=O)[C@H](C)CC(/C=C\C)=C/NC(F)F)c2ccccc21. The van der Waals surface area contributed by atoms with Gasteiger partial charge in [-0.15, -0.1) is 5.73 Å². The first-order valence-corrected chi connectivity index (χ1v) is 13.0. The molecule has 0 bridgehead atoms. The first-order valence-electron chi connectivity index (χ1n) is 13.0. The van der Waals surface area contributed by atoms with Crippen LogP contribution in [0.25, 0.3) is 11.1 Å². The third-order valence-electron chi connectivity index (χ3n) is 6.34. The molecule has 1 aliphatic rings. The third kappa shape index (κ3) is 8.17. The van der Waals surface area contributed by atoms with Crippen molar-refractivity contribution >= 4 is 17.1 Å². The van der Waals surface area contributed by atoms with Crippen LogP contribution in [0.4, 0.5) is 22.0 Å². The molecular formula is C31H33F5N4O. The van der Waals surface area contributed by atoms with Gasteiger partial charge in [-0.3, -0.25) is 9.48 Å². The number of allylic oxidation sites excluding steroid dienone is 7. The van der Waals surface area contributed by atoms with Crippen LogP contribution < -0.4 is 10.6 Å². The van der Waals surface area contributed by atoms with Gasteiger partial charge in [-0.05, 0) is 56.0 Å². The second-order valence-electron chi connectivity index (χ2n) is 10.3. The zero-order chi connectivity index (χ0) is 30.4. The monoisotopic (exact) mass is 572 g/mol. The van der Waals surface area contributed by atoms with E-state index in [0.29, 0.717) is 22.3 Å². The van der Waals surface area contributed by atoms with Crippen molar-refractivity contribution in [3.05, 3.63) is 107 Å². The van der Waals surface area contributed by atoms with E-state index in [0.717, 1.165) is 17.8 Å². The number of benzene rings is 1. The lowest BCUT2D eigenvalue weighted by molar-refractivity contribution is -0.141. The van der Waals surface area contributed by atoms with Gasteiger partial charge in [-0.2, -0.15) is 27.1 Å². The molecule has 0 fully saturated rings. The topological polar surface area (TPSA) is 59.0 Å². The fourth-order valence-electron chi connectivity index (χ4n) is 4.52. The van der Waals surface area contributed by atoms with Crippen LogP contribution >= 0.6 is 0 Å². The van der Waals surface area contributed by atoms with Gasteiger partial charge in [-0.1, -0.05) is 62.1 Å². The smallest absolute Gasteiger partial charge is 0.349 e. The molecule has 1 heterocycles. The minimum atomic E-state index is -4.68. The van der Waals surface area contributed by atoms with E-state index in [2.05, 4.69) is 22.7 Å². The average Bonchev–Trinajstić information content (AvgIpc) is 3.21. The summed E-state index contributed by atoms with van der Waals surface area (Å²) >= 11 is 0. The Morgan fingerprint density at radius 1 is 1.20 bits per heavy atom. The van der Waals surface area contributed by atoms with Gasteiger partial charge < -0.3 is 10.6 Å². The second kappa shape index (κ2) is 13.0. The number of hydrogen-bond acceptors (Lipinski definition) is 3. The number of rotatable bonds is 10. The number of halogens is 5. The molecule has 1 aromatic carbocycles. The van der Waals surface area contributed by atoms with E-state index in [1.54, 1.807) is 64.1 Å². The van der Waals surface area contributed by atoms with Gasteiger partial charge >= 0.3 is 12.7 Å². The average molecular weight is 573 g/mol. The lowest BCUT2D eigenvalue weighted by Gasteiger charge is -2.29. The zero-order valence-corrected chi connectivity index (χ0v) is 23.3. The first-order chi connectivity index (χ1) is 19.3. The zero-order valence-electron chi connectivity index (χ0n) is 23.3. The van der Waals surface area contributed by atoms with Crippen LogP contribution in [0.5, 0.6) is 0 Å². The molecular weight excluding hydrogens is 539 g/mol. The Bertz CT molecular complexity index is 1440. The maximum atomic E-state index is 13.8. The summed E-state index contributed by atoms with van der Waals surface area (Å²) in [6.45, 7) is 7.66. The molecule has 0 spiro atoms. The molecule has 1 aliphatic carbocycles. The van der Waals surface area contributed by atoms with Crippen LogP contribution in [0.1, 0.15) is 56.6 Å². The predicted molar refractivity (Wildman–Crippen MR) is 150 cm³/mol. The summed E-state index contributed by atoms with van der Waals surface area (Å²) in [4.78, 5) is 13.1. The maximum absolute atomic E-state index is 13.8. The van der Waals surface area contributed by atoms with Crippen LogP contribution in [0, 0.1) is 5.92 Å². The molecule has 2 N–H and O–H groups in total. The van der Waals surface area contributed by atoms with Gasteiger partial charge in [0, 0.05) is 23.3 Å². The standard InChI is InChI=1S/C31H33F5N4O/c1-6-11-21(18-37-29(32)33)16-20(3)28(41)38-30(4,5)19-40-26(17-27(39-40)31(34,35)36)25-15-10-12-22(7-2)23-13-8-9-14-24(23)25/h6,8-15,17-18,20,29,37H,2,16,19H2,1,3-5H3,(H,38,41)/b11-6-,21-18+/t20-/m1/s1. The Morgan fingerprint density at radius 3 is 2.49 bits per heavy atom. The molecule has 1 atom stereocenters. The molecule has 0 saturated carbocycles. The van der Waals surface area contributed by atoms with Crippen molar-refractivity contribution in [1.29, 1.82) is 0 Å². The number of nitrogens with zero attached hydrogens (tertiary/aromatic N) is 2. The highest BCUT2D eigenvalue weighted by atomic mass is 19.4. The number of hydrogen-bond donors (Lipinski definition) is 2. The number of carbonyl (C=O) groups is 1. The largest absolute Gasteiger partial charge is 0.435 e. The van der Waals surface area contributed by atoms with Crippen LogP contribution in [0.15, 0.2) is 84.8 Å². The van der Waals surface area contributed by atoms with Gasteiger partial charge in [0.25, 0.3) is 0 Å². The molecule has 0 radical (unpaired) electrons. The molecule has 0 aliphatic heterocycles. The molecule has 41 heavy (non-hydrogen) atoms. The molecule has 1 amide bonds. The van der Waals surface area contributed by atoms with Gasteiger partial charge in [0.15, 0.2) is 5.69 Å². The Balaban J connectivity index is 1.93. The normalized spacial score (nSPS) is 14.9. The Morgan fingerprint density at radius 2 is 1.88 bits per heavy atom. The van der Waals surface area contributed by atoms with E-state index in [4.69, 9.17) is 0 Å². The van der Waals surface area contributed by atoms with Gasteiger partial charge in [0.05, 0.1) is 17.8 Å². The fourth-order valence-corrected chi connectivity index (χ4v) is 4.52. The molecule has 5 nitrogen and oxygen atoms in total. The molecule has 2 aromatic rings. The highest BCUT2D eigenvalue weighted by Crippen LogP contribution is 2.36. The van der Waals surface area contributed by atoms with E-state index in [1.807, 2.05) is 23.5 Å². The van der Waals surface area contributed by atoms with Crippen LogP contribution in [-0.4, -0.2) is 27.8 Å². The lowest BCUT2D eigenvalue weighted by Crippen LogP contribution is -2.48. The lowest BCUT2D eigenvalue weighted by atomic mass is 9.94. The van der Waals surface area contributed by atoms with Gasteiger partial charge in [-0.25, -0.2) is 0 Å². The number of carbonyl (C=O) groups excluding carboxylic acids is 1. The summed E-state index contributed by atoms with van der Waals surface area (Å²) in [7, 11) is 0. The van der Waals surface area contributed by atoms with Gasteiger partial charge in [0.2, 0.25) is 5.91 Å². The van der Waals surface area contributed by atoms with Crippen LogP contribution in [0.3, 0.4) is 0 Å². The van der Waals surface area contributed by atoms with Crippen molar-refractivity contribution in [3.63, 3.8) is 0 Å². The molecule has 1 aromatic heterocycles. The minimum absolute atomic E-state index is 0.0747. The summed E-state index contributed by atoms with van der Waals surface area (Å²) in [5.74, 6) is -0.986. The van der Waals surface area contributed by atoms with Crippen molar-refractivity contribution in [1.82, 2.24) is 20.4 Å². The summed E-state index contributed by atoms with van der Waals surface area (Å²) < 4.78 is 67.9. The number of aromatic nitrogens is 2. The van der Waals surface area contributed by atoms with E-state index in [1.165, 1.54) is 4.68 Å². The summed E-state index contributed by atoms with van der Waals surface area (Å²) in [6, 6.07) is 8.28.